The third kappa shape index (κ3) is 2.62. The van der Waals surface area contributed by atoms with E-state index in [1.165, 1.54) is 22.0 Å². The number of aryl methyl sites for hydroxylation is 1. The number of pyridine rings is 1. The minimum absolute atomic E-state index is 0.339. The van der Waals surface area contributed by atoms with Gasteiger partial charge in [-0.05, 0) is 44.4 Å². The van der Waals surface area contributed by atoms with E-state index in [4.69, 9.17) is 0 Å². The summed E-state index contributed by atoms with van der Waals surface area (Å²) in [5, 5.41) is 2.41. The molecule has 0 bridgehead atoms. The maximum atomic E-state index is 4.65. The molecule has 0 aliphatic carbocycles. The van der Waals surface area contributed by atoms with E-state index in [0.29, 0.717) is 6.04 Å². The molecule has 0 saturated heterocycles. The lowest BCUT2D eigenvalue weighted by atomic mass is 10.1. The molecule has 2 heteroatoms. The zero-order valence-electron chi connectivity index (χ0n) is 12.7. The number of benzene rings is 2. The molecule has 3 aromatic rings. The number of aromatic nitrogens is 1. The van der Waals surface area contributed by atoms with Gasteiger partial charge in [-0.1, -0.05) is 42.0 Å². The summed E-state index contributed by atoms with van der Waals surface area (Å²) in [7, 11) is 0. The summed E-state index contributed by atoms with van der Waals surface area (Å²) in [5.41, 5.74) is 2.45. The summed E-state index contributed by atoms with van der Waals surface area (Å²) in [5.74, 6) is 1.02. The summed E-state index contributed by atoms with van der Waals surface area (Å²) in [4.78, 5) is 6.95. The fourth-order valence-corrected chi connectivity index (χ4v) is 2.67. The quantitative estimate of drug-likeness (QED) is 0.662. The molecule has 106 valence electrons. The highest BCUT2D eigenvalue weighted by molar-refractivity contribution is 5.94. The predicted molar refractivity (Wildman–Crippen MR) is 90.2 cm³/mol. The van der Waals surface area contributed by atoms with Crippen LogP contribution in [0.15, 0.2) is 60.8 Å². The van der Waals surface area contributed by atoms with Gasteiger partial charge in [-0.3, -0.25) is 0 Å². The molecule has 0 amide bonds. The van der Waals surface area contributed by atoms with Gasteiger partial charge in [0.1, 0.15) is 5.82 Å². The van der Waals surface area contributed by atoms with E-state index in [0.717, 1.165) is 5.82 Å². The van der Waals surface area contributed by atoms with Gasteiger partial charge < -0.3 is 4.90 Å². The Labute approximate surface area is 126 Å². The van der Waals surface area contributed by atoms with Crippen LogP contribution in [0.3, 0.4) is 0 Å². The predicted octanol–water partition coefficient (Wildman–Crippen LogP) is 5.09. The van der Waals surface area contributed by atoms with Gasteiger partial charge in [-0.15, -0.1) is 0 Å². The minimum atomic E-state index is 0.339. The van der Waals surface area contributed by atoms with Crippen molar-refractivity contribution in [3.63, 3.8) is 0 Å². The second-order valence-corrected chi connectivity index (χ2v) is 5.65. The third-order valence-electron chi connectivity index (χ3n) is 3.71. The average molecular weight is 276 g/mol. The molecule has 2 aromatic carbocycles. The number of hydrogen-bond donors (Lipinski definition) is 0. The highest BCUT2D eigenvalue weighted by Gasteiger charge is 2.16. The molecule has 1 heterocycles. The average Bonchev–Trinajstić information content (AvgIpc) is 2.49. The Balaban J connectivity index is 2.18. The largest absolute Gasteiger partial charge is 0.323 e. The standard InChI is InChI=1S/C19H20N2/c1-14(2)21(17-10-8-15(3)9-11-17)19-18-7-5-4-6-16(18)12-13-20-19/h4-14H,1-3H3. The van der Waals surface area contributed by atoms with Gasteiger partial charge in [-0.25, -0.2) is 4.98 Å². The van der Waals surface area contributed by atoms with E-state index in [2.05, 4.69) is 85.3 Å². The van der Waals surface area contributed by atoms with E-state index in [-0.39, 0.29) is 0 Å². The van der Waals surface area contributed by atoms with Crippen LogP contribution in [0.2, 0.25) is 0 Å². The topological polar surface area (TPSA) is 16.1 Å². The smallest absolute Gasteiger partial charge is 0.141 e. The van der Waals surface area contributed by atoms with E-state index in [1.54, 1.807) is 0 Å². The van der Waals surface area contributed by atoms with Crippen LogP contribution in [0.1, 0.15) is 19.4 Å². The maximum Gasteiger partial charge on any atom is 0.141 e. The Morgan fingerprint density at radius 3 is 2.33 bits per heavy atom. The molecular weight excluding hydrogens is 256 g/mol. The van der Waals surface area contributed by atoms with Crippen LogP contribution in [0.4, 0.5) is 11.5 Å². The van der Waals surface area contributed by atoms with Gasteiger partial charge in [0.2, 0.25) is 0 Å². The first-order valence-corrected chi connectivity index (χ1v) is 7.36. The third-order valence-corrected chi connectivity index (χ3v) is 3.71. The highest BCUT2D eigenvalue weighted by atomic mass is 15.2. The van der Waals surface area contributed by atoms with Crippen molar-refractivity contribution in [2.75, 3.05) is 4.90 Å². The van der Waals surface area contributed by atoms with Crippen molar-refractivity contribution in [2.24, 2.45) is 0 Å². The Bertz CT molecular complexity index is 740. The first-order valence-electron chi connectivity index (χ1n) is 7.36. The zero-order valence-corrected chi connectivity index (χ0v) is 12.7. The summed E-state index contributed by atoms with van der Waals surface area (Å²) in [6.45, 7) is 6.51. The molecule has 0 N–H and O–H groups in total. The molecule has 0 fully saturated rings. The lowest BCUT2D eigenvalue weighted by Crippen LogP contribution is -2.26. The Kier molecular flexibility index (Phi) is 3.61. The maximum absolute atomic E-state index is 4.65. The first-order chi connectivity index (χ1) is 10.2. The molecule has 0 aliphatic heterocycles. The van der Waals surface area contributed by atoms with Crippen molar-refractivity contribution >= 4 is 22.3 Å². The van der Waals surface area contributed by atoms with Crippen molar-refractivity contribution in [3.05, 3.63) is 66.4 Å². The van der Waals surface area contributed by atoms with E-state index in [1.807, 2.05) is 6.20 Å². The number of rotatable bonds is 3. The molecule has 2 nitrogen and oxygen atoms in total. The van der Waals surface area contributed by atoms with Crippen LogP contribution in [0, 0.1) is 6.92 Å². The second kappa shape index (κ2) is 5.57. The van der Waals surface area contributed by atoms with E-state index >= 15 is 0 Å². The first kappa shape index (κ1) is 13.6. The van der Waals surface area contributed by atoms with E-state index in [9.17, 15) is 0 Å². The molecule has 0 saturated carbocycles. The van der Waals surface area contributed by atoms with Crippen molar-refractivity contribution in [3.8, 4) is 0 Å². The number of anilines is 2. The second-order valence-electron chi connectivity index (χ2n) is 5.65. The van der Waals surface area contributed by atoms with Gasteiger partial charge >= 0.3 is 0 Å². The molecule has 0 radical (unpaired) electrons. The van der Waals surface area contributed by atoms with Crippen LogP contribution in [0.5, 0.6) is 0 Å². The Morgan fingerprint density at radius 1 is 0.905 bits per heavy atom. The van der Waals surface area contributed by atoms with Crippen molar-refractivity contribution in [1.82, 2.24) is 4.98 Å². The van der Waals surface area contributed by atoms with Crippen LogP contribution in [-0.4, -0.2) is 11.0 Å². The Morgan fingerprint density at radius 2 is 1.62 bits per heavy atom. The van der Waals surface area contributed by atoms with Crippen molar-refractivity contribution in [1.29, 1.82) is 0 Å². The zero-order chi connectivity index (χ0) is 14.8. The van der Waals surface area contributed by atoms with Gasteiger partial charge in [0.05, 0.1) is 0 Å². The molecule has 0 unspecified atom stereocenters. The van der Waals surface area contributed by atoms with E-state index < -0.39 is 0 Å². The lowest BCUT2D eigenvalue weighted by Gasteiger charge is -2.29. The Hall–Kier alpha value is -2.35. The number of fused-ring (bicyclic) bond motifs is 1. The summed E-state index contributed by atoms with van der Waals surface area (Å²) in [6.07, 6.45) is 1.89. The summed E-state index contributed by atoms with van der Waals surface area (Å²) < 4.78 is 0. The molecule has 3 rings (SSSR count). The minimum Gasteiger partial charge on any atom is -0.323 e. The van der Waals surface area contributed by atoms with Crippen LogP contribution in [-0.2, 0) is 0 Å². The number of nitrogens with zero attached hydrogens (tertiary/aromatic N) is 2. The normalized spacial score (nSPS) is 11.0. The molecule has 0 atom stereocenters. The molecule has 0 aliphatic rings. The van der Waals surface area contributed by atoms with Gasteiger partial charge in [0.15, 0.2) is 0 Å². The van der Waals surface area contributed by atoms with Crippen molar-refractivity contribution in [2.45, 2.75) is 26.8 Å². The molecule has 21 heavy (non-hydrogen) atoms. The highest BCUT2D eigenvalue weighted by Crippen LogP contribution is 2.32. The van der Waals surface area contributed by atoms with Crippen LogP contribution in [0.25, 0.3) is 10.8 Å². The molecule has 0 spiro atoms. The number of hydrogen-bond acceptors (Lipinski definition) is 2. The molecular formula is C19H20N2. The van der Waals surface area contributed by atoms with Crippen molar-refractivity contribution < 1.29 is 0 Å². The van der Waals surface area contributed by atoms with Gasteiger partial charge in [0, 0.05) is 23.3 Å². The van der Waals surface area contributed by atoms with Gasteiger partial charge in [-0.2, -0.15) is 0 Å². The lowest BCUT2D eigenvalue weighted by molar-refractivity contribution is 0.780. The van der Waals surface area contributed by atoms with Crippen LogP contribution >= 0.6 is 0 Å². The monoisotopic (exact) mass is 276 g/mol. The molecule has 1 aromatic heterocycles. The summed E-state index contributed by atoms with van der Waals surface area (Å²) in [6, 6.07) is 19.4. The fraction of sp³-hybridized carbons (Fsp3) is 0.211. The van der Waals surface area contributed by atoms with Gasteiger partial charge in [0.25, 0.3) is 0 Å². The van der Waals surface area contributed by atoms with Crippen LogP contribution < -0.4 is 4.90 Å². The summed E-state index contributed by atoms with van der Waals surface area (Å²) >= 11 is 0. The fourth-order valence-electron chi connectivity index (χ4n) is 2.67. The SMILES string of the molecule is Cc1ccc(N(c2nccc3ccccc23)C(C)C)cc1.